The van der Waals surface area contributed by atoms with Crippen LogP contribution in [0.1, 0.15) is 45.2 Å². The van der Waals surface area contributed by atoms with E-state index in [9.17, 15) is 0 Å². The molecule has 0 bridgehead atoms. The van der Waals surface area contributed by atoms with E-state index in [0.29, 0.717) is 0 Å². The van der Waals surface area contributed by atoms with E-state index in [1.165, 1.54) is 25.7 Å². The van der Waals surface area contributed by atoms with E-state index in [2.05, 4.69) is 10.3 Å². The standard InChI is InChI=1S/C11H20N4/c1-11(2,12)10-8-15(14-13-10)7-9-5-3-4-6-9/h8-9H,3-7,12H2,1-2H3. The zero-order valence-corrected chi connectivity index (χ0v) is 9.61. The Kier molecular flexibility index (Phi) is 2.78. The first-order chi connectivity index (χ1) is 7.05. The van der Waals surface area contributed by atoms with Gasteiger partial charge in [0.05, 0.1) is 11.7 Å². The molecule has 4 heteroatoms. The van der Waals surface area contributed by atoms with Crippen molar-refractivity contribution in [3.63, 3.8) is 0 Å². The second kappa shape index (κ2) is 3.93. The van der Waals surface area contributed by atoms with E-state index in [1.807, 2.05) is 24.7 Å². The predicted octanol–water partition coefficient (Wildman–Crippen LogP) is 1.66. The molecule has 15 heavy (non-hydrogen) atoms. The quantitative estimate of drug-likeness (QED) is 0.822. The Morgan fingerprint density at radius 2 is 2.13 bits per heavy atom. The van der Waals surface area contributed by atoms with Crippen molar-refractivity contribution in [2.24, 2.45) is 11.7 Å². The average Bonchev–Trinajstić information content (AvgIpc) is 2.73. The molecule has 2 rings (SSSR count). The fraction of sp³-hybridized carbons (Fsp3) is 0.818. The molecule has 1 aromatic heterocycles. The molecule has 84 valence electrons. The van der Waals surface area contributed by atoms with E-state index in [1.54, 1.807) is 0 Å². The van der Waals surface area contributed by atoms with Crippen LogP contribution in [0.15, 0.2) is 6.20 Å². The minimum absolute atomic E-state index is 0.381. The summed E-state index contributed by atoms with van der Waals surface area (Å²) < 4.78 is 1.94. The van der Waals surface area contributed by atoms with Crippen molar-refractivity contribution in [2.45, 2.75) is 51.6 Å². The van der Waals surface area contributed by atoms with Crippen LogP contribution in [0.4, 0.5) is 0 Å². The number of rotatable bonds is 3. The molecule has 4 nitrogen and oxygen atoms in total. The van der Waals surface area contributed by atoms with Crippen molar-refractivity contribution in [2.75, 3.05) is 0 Å². The summed E-state index contributed by atoms with van der Waals surface area (Å²) in [6.45, 7) is 4.91. The Morgan fingerprint density at radius 1 is 1.47 bits per heavy atom. The number of hydrogen-bond donors (Lipinski definition) is 1. The Balaban J connectivity index is 2.00. The highest BCUT2D eigenvalue weighted by atomic mass is 15.4. The molecule has 0 aromatic carbocycles. The molecular formula is C11H20N4. The summed E-state index contributed by atoms with van der Waals surface area (Å²) in [6.07, 6.45) is 7.39. The fourth-order valence-electron chi connectivity index (χ4n) is 2.14. The zero-order chi connectivity index (χ0) is 10.9. The van der Waals surface area contributed by atoms with Crippen molar-refractivity contribution in [1.82, 2.24) is 15.0 Å². The third kappa shape index (κ3) is 2.56. The van der Waals surface area contributed by atoms with E-state index < -0.39 is 0 Å². The van der Waals surface area contributed by atoms with E-state index >= 15 is 0 Å². The van der Waals surface area contributed by atoms with Gasteiger partial charge in [0, 0.05) is 6.54 Å². The lowest BCUT2D eigenvalue weighted by Crippen LogP contribution is -2.29. The second-order valence-corrected chi connectivity index (χ2v) is 5.20. The molecule has 0 atom stereocenters. The maximum absolute atomic E-state index is 5.96. The smallest absolute Gasteiger partial charge is 0.102 e. The van der Waals surface area contributed by atoms with Gasteiger partial charge in [0.2, 0.25) is 0 Å². The SMILES string of the molecule is CC(C)(N)c1cn(CC2CCCC2)nn1. The topological polar surface area (TPSA) is 56.7 Å². The Hall–Kier alpha value is -0.900. The highest BCUT2D eigenvalue weighted by Gasteiger charge is 2.20. The molecule has 0 unspecified atom stereocenters. The number of nitrogens with zero attached hydrogens (tertiary/aromatic N) is 3. The summed E-state index contributed by atoms with van der Waals surface area (Å²) in [7, 11) is 0. The van der Waals surface area contributed by atoms with Crippen LogP contribution in [0.25, 0.3) is 0 Å². The lowest BCUT2D eigenvalue weighted by atomic mass is 10.0. The first kappa shape index (κ1) is 10.6. The molecule has 1 fully saturated rings. The van der Waals surface area contributed by atoms with Crippen molar-refractivity contribution in [3.05, 3.63) is 11.9 Å². The fourth-order valence-corrected chi connectivity index (χ4v) is 2.14. The molecule has 1 heterocycles. The normalized spacial score (nSPS) is 18.6. The van der Waals surface area contributed by atoms with Crippen LogP contribution < -0.4 is 5.73 Å². The monoisotopic (exact) mass is 208 g/mol. The van der Waals surface area contributed by atoms with Gasteiger partial charge in [0.15, 0.2) is 0 Å². The molecule has 0 saturated heterocycles. The predicted molar refractivity (Wildman–Crippen MR) is 59.2 cm³/mol. The summed E-state index contributed by atoms with van der Waals surface area (Å²) in [6, 6.07) is 0. The molecular weight excluding hydrogens is 188 g/mol. The van der Waals surface area contributed by atoms with Crippen LogP contribution >= 0.6 is 0 Å². The van der Waals surface area contributed by atoms with Crippen LogP contribution in [-0.4, -0.2) is 15.0 Å². The summed E-state index contributed by atoms with van der Waals surface area (Å²) in [5, 5.41) is 8.25. The highest BCUT2D eigenvalue weighted by molar-refractivity contribution is 5.05. The zero-order valence-electron chi connectivity index (χ0n) is 9.61. The molecule has 1 aliphatic rings. The van der Waals surface area contributed by atoms with Crippen molar-refractivity contribution in [3.8, 4) is 0 Å². The third-order valence-corrected chi connectivity index (χ3v) is 3.12. The van der Waals surface area contributed by atoms with Crippen molar-refractivity contribution in [1.29, 1.82) is 0 Å². The highest BCUT2D eigenvalue weighted by Crippen LogP contribution is 2.26. The third-order valence-electron chi connectivity index (χ3n) is 3.12. The van der Waals surface area contributed by atoms with Gasteiger partial charge in [-0.15, -0.1) is 5.10 Å². The molecule has 0 spiro atoms. The molecule has 0 radical (unpaired) electrons. The van der Waals surface area contributed by atoms with Gasteiger partial charge in [-0.3, -0.25) is 4.68 Å². The van der Waals surface area contributed by atoms with E-state index in [0.717, 1.165) is 18.2 Å². The lowest BCUT2D eigenvalue weighted by Gasteiger charge is -2.13. The van der Waals surface area contributed by atoms with Crippen molar-refractivity contribution >= 4 is 0 Å². The Bertz CT molecular complexity index is 318. The van der Waals surface area contributed by atoms with Gasteiger partial charge in [-0.1, -0.05) is 18.1 Å². The lowest BCUT2D eigenvalue weighted by molar-refractivity contribution is 0.421. The maximum atomic E-state index is 5.96. The van der Waals surface area contributed by atoms with Gasteiger partial charge in [-0.05, 0) is 32.6 Å². The minimum Gasteiger partial charge on any atom is -0.320 e. The van der Waals surface area contributed by atoms with Crippen LogP contribution in [0.5, 0.6) is 0 Å². The van der Waals surface area contributed by atoms with Crippen LogP contribution in [0.2, 0.25) is 0 Å². The summed E-state index contributed by atoms with van der Waals surface area (Å²) >= 11 is 0. The van der Waals surface area contributed by atoms with Crippen molar-refractivity contribution < 1.29 is 0 Å². The van der Waals surface area contributed by atoms with Crippen LogP contribution in [0, 0.1) is 5.92 Å². The minimum atomic E-state index is -0.381. The molecule has 2 N–H and O–H groups in total. The average molecular weight is 208 g/mol. The molecule has 1 aliphatic carbocycles. The largest absolute Gasteiger partial charge is 0.320 e. The van der Waals surface area contributed by atoms with Gasteiger partial charge in [0.1, 0.15) is 5.69 Å². The number of hydrogen-bond acceptors (Lipinski definition) is 3. The Morgan fingerprint density at radius 3 is 2.67 bits per heavy atom. The van der Waals surface area contributed by atoms with Gasteiger partial charge >= 0.3 is 0 Å². The van der Waals surface area contributed by atoms with Gasteiger partial charge in [-0.2, -0.15) is 0 Å². The maximum Gasteiger partial charge on any atom is 0.102 e. The van der Waals surface area contributed by atoms with Crippen LogP contribution in [0.3, 0.4) is 0 Å². The Labute approximate surface area is 90.8 Å². The summed E-state index contributed by atoms with van der Waals surface area (Å²) in [4.78, 5) is 0. The van der Waals surface area contributed by atoms with E-state index in [4.69, 9.17) is 5.73 Å². The molecule has 0 amide bonds. The summed E-state index contributed by atoms with van der Waals surface area (Å²) in [5.74, 6) is 0.792. The number of aromatic nitrogens is 3. The van der Waals surface area contributed by atoms with Crippen LogP contribution in [-0.2, 0) is 12.1 Å². The molecule has 0 aliphatic heterocycles. The van der Waals surface area contributed by atoms with Gasteiger partial charge in [-0.25, -0.2) is 0 Å². The second-order valence-electron chi connectivity index (χ2n) is 5.20. The molecule has 1 aromatic rings. The molecule has 1 saturated carbocycles. The summed E-state index contributed by atoms with van der Waals surface area (Å²) in [5.41, 5.74) is 6.46. The number of nitrogens with two attached hydrogens (primary N) is 1. The first-order valence-corrected chi connectivity index (χ1v) is 5.75. The van der Waals surface area contributed by atoms with E-state index in [-0.39, 0.29) is 5.54 Å². The first-order valence-electron chi connectivity index (χ1n) is 5.75. The van der Waals surface area contributed by atoms with Gasteiger partial charge < -0.3 is 5.73 Å². The van der Waals surface area contributed by atoms with Gasteiger partial charge in [0.25, 0.3) is 0 Å².